The molecule has 0 amide bonds. The van der Waals surface area contributed by atoms with E-state index in [1.165, 1.54) is 31.2 Å². The maximum Gasteiger partial charge on any atom is 0.0439 e. The van der Waals surface area contributed by atoms with Crippen LogP contribution in [0.25, 0.3) is 0 Å². The first-order chi connectivity index (χ1) is 9.70. The van der Waals surface area contributed by atoms with Crippen LogP contribution in [0.2, 0.25) is 10.0 Å². The standard InChI is InChI=1S/C17H23Cl2N/c1-2-8-20-16(17-13-4-3-5-14(13)17)10-11-9-12(18)6-7-15(11)19/h6-7,9,13-14,16-17,20H,2-5,8,10H2,1H3. The van der Waals surface area contributed by atoms with Crippen molar-refractivity contribution in [3.63, 3.8) is 0 Å². The number of nitrogens with one attached hydrogen (secondary N) is 1. The average Bonchev–Trinajstić information content (AvgIpc) is 2.91. The lowest BCUT2D eigenvalue weighted by molar-refractivity contribution is 0.403. The van der Waals surface area contributed by atoms with E-state index in [4.69, 9.17) is 23.2 Å². The summed E-state index contributed by atoms with van der Waals surface area (Å²) < 4.78 is 0. The maximum atomic E-state index is 6.33. The molecule has 3 heteroatoms. The van der Waals surface area contributed by atoms with Crippen LogP contribution in [0.3, 0.4) is 0 Å². The summed E-state index contributed by atoms with van der Waals surface area (Å²) in [6.07, 6.45) is 6.50. The first kappa shape index (κ1) is 14.7. The highest BCUT2D eigenvalue weighted by Gasteiger charge is 2.55. The summed E-state index contributed by atoms with van der Waals surface area (Å²) in [4.78, 5) is 0. The van der Waals surface area contributed by atoms with E-state index in [0.717, 1.165) is 40.8 Å². The highest BCUT2D eigenvalue weighted by atomic mass is 35.5. The molecule has 3 unspecified atom stereocenters. The van der Waals surface area contributed by atoms with Crippen molar-refractivity contribution >= 4 is 23.2 Å². The van der Waals surface area contributed by atoms with Gasteiger partial charge in [0.1, 0.15) is 0 Å². The highest BCUT2D eigenvalue weighted by molar-refractivity contribution is 6.33. The summed E-state index contributed by atoms with van der Waals surface area (Å²) in [5.41, 5.74) is 1.19. The predicted octanol–water partition coefficient (Wildman–Crippen LogP) is 4.95. The molecular weight excluding hydrogens is 289 g/mol. The Morgan fingerprint density at radius 3 is 2.70 bits per heavy atom. The van der Waals surface area contributed by atoms with Gasteiger partial charge in [-0.3, -0.25) is 0 Å². The molecule has 0 bridgehead atoms. The van der Waals surface area contributed by atoms with Crippen LogP contribution >= 0.6 is 23.2 Å². The Balaban J connectivity index is 1.71. The summed E-state index contributed by atoms with van der Waals surface area (Å²) >= 11 is 12.5. The third-order valence-electron chi connectivity index (χ3n) is 5.04. The van der Waals surface area contributed by atoms with Gasteiger partial charge in [0, 0.05) is 16.1 Å². The number of halogens is 2. The molecule has 2 aliphatic rings. The monoisotopic (exact) mass is 311 g/mol. The molecule has 1 aromatic rings. The number of fused-ring (bicyclic) bond motifs is 1. The van der Waals surface area contributed by atoms with Crippen LogP contribution in [0.15, 0.2) is 18.2 Å². The van der Waals surface area contributed by atoms with Crippen molar-refractivity contribution in [3.05, 3.63) is 33.8 Å². The fourth-order valence-electron chi connectivity index (χ4n) is 4.08. The van der Waals surface area contributed by atoms with E-state index in [1.807, 2.05) is 18.2 Å². The zero-order valence-electron chi connectivity index (χ0n) is 12.0. The first-order valence-corrected chi connectivity index (χ1v) is 8.63. The van der Waals surface area contributed by atoms with Crippen LogP contribution in [-0.2, 0) is 6.42 Å². The van der Waals surface area contributed by atoms with Crippen LogP contribution in [-0.4, -0.2) is 12.6 Å². The van der Waals surface area contributed by atoms with Gasteiger partial charge in [-0.2, -0.15) is 0 Å². The van der Waals surface area contributed by atoms with Gasteiger partial charge < -0.3 is 5.32 Å². The Morgan fingerprint density at radius 2 is 2.00 bits per heavy atom. The lowest BCUT2D eigenvalue weighted by Gasteiger charge is -2.21. The molecule has 3 atom stereocenters. The van der Waals surface area contributed by atoms with Crippen LogP contribution in [0.4, 0.5) is 0 Å². The maximum absolute atomic E-state index is 6.33. The van der Waals surface area contributed by atoms with E-state index in [0.29, 0.717) is 6.04 Å². The minimum Gasteiger partial charge on any atom is -0.313 e. The smallest absolute Gasteiger partial charge is 0.0439 e. The van der Waals surface area contributed by atoms with Gasteiger partial charge in [-0.25, -0.2) is 0 Å². The topological polar surface area (TPSA) is 12.0 Å². The molecule has 0 aliphatic heterocycles. The fraction of sp³-hybridized carbons (Fsp3) is 0.647. The van der Waals surface area contributed by atoms with Crippen molar-refractivity contribution < 1.29 is 0 Å². The molecule has 20 heavy (non-hydrogen) atoms. The van der Waals surface area contributed by atoms with Crippen molar-refractivity contribution in [1.29, 1.82) is 0 Å². The Hall–Kier alpha value is -0.240. The molecule has 0 spiro atoms. The average molecular weight is 312 g/mol. The molecule has 1 N–H and O–H groups in total. The van der Waals surface area contributed by atoms with E-state index in [1.54, 1.807) is 0 Å². The molecular formula is C17H23Cl2N. The Bertz CT molecular complexity index is 464. The van der Waals surface area contributed by atoms with Gasteiger partial charge in [0.15, 0.2) is 0 Å². The number of hydrogen-bond acceptors (Lipinski definition) is 1. The predicted molar refractivity (Wildman–Crippen MR) is 86.6 cm³/mol. The van der Waals surface area contributed by atoms with Crippen molar-refractivity contribution in [2.75, 3.05) is 6.54 Å². The fourth-order valence-corrected chi connectivity index (χ4v) is 4.47. The van der Waals surface area contributed by atoms with E-state index < -0.39 is 0 Å². The van der Waals surface area contributed by atoms with E-state index >= 15 is 0 Å². The van der Waals surface area contributed by atoms with Gasteiger partial charge in [0.2, 0.25) is 0 Å². The van der Waals surface area contributed by atoms with Gasteiger partial charge in [-0.15, -0.1) is 0 Å². The van der Waals surface area contributed by atoms with Crippen LogP contribution in [0.5, 0.6) is 0 Å². The molecule has 1 nitrogen and oxygen atoms in total. The SMILES string of the molecule is CCCNC(Cc1cc(Cl)ccc1Cl)C1C2CCCC21. The molecule has 110 valence electrons. The third-order valence-corrected chi connectivity index (χ3v) is 5.65. The van der Waals surface area contributed by atoms with Gasteiger partial charge in [0.05, 0.1) is 0 Å². The van der Waals surface area contributed by atoms with Gasteiger partial charge in [0.25, 0.3) is 0 Å². The highest BCUT2D eigenvalue weighted by Crippen LogP contribution is 2.59. The second-order valence-corrected chi connectivity index (χ2v) is 7.18. The molecule has 3 rings (SSSR count). The summed E-state index contributed by atoms with van der Waals surface area (Å²) in [7, 11) is 0. The van der Waals surface area contributed by atoms with Crippen molar-refractivity contribution in [3.8, 4) is 0 Å². The summed E-state index contributed by atoms with van der Waals surface area (Å²) in [6, 6.07) is 6.39. The van der Waals surface area contributed by atoms with E-state index in [2.05, 4.69) is 12.2 Å². The van der Waals surface area contributed by atoms with Crippen LogP contribution in [0.1, 0.15) is 38.2 Å². The summed E-state index contributed by atoms with van der Waals surface area (Å²) in [5.74, 6) is 2.81. The quantitative estimate of drug-likeness (QED) is 0.783. The number of hydrogen-bond donors (Lipinski definition) is 1. The van der Waals surface area contributed by atoms with Gasteiger partial charge in [-0.05, 0) is 73.7 Å². The van der Waals surface area contributed by atoms with Gasteiger partial charge in [-0.1, -0.05) is 36.5 Å². The Morgan fingerprint density at radius 1 is 1.25 bits per heavy atom. The summed E-state index contributed by atoms with van der Waals surface area (Å²) in [6.45, 7) is 3.32. The largest absolute Gasteiger partial charge is 0.313 e. The molecule has 0 saturated heterocycles. The van der Waals surface area contributed by atoms with Crippen molar-refractivity contribution in [1.82, 2.24) is 5.32 Å². The number of rotatable bonds is 6. The third kappa shape index (κ3) is 3.00. The second-order valence-electron chi connectivity index (χ2n) is 6.34. The molecule has 0 aromatic heterocycles. The van der Waals surface area contributed by atoms with E-state index in [9.17, 15) is 0 Å². The van der Waals surface area contributed by atoms with Crippen LogP contribution in [0, 0.1) is 17.8 Å². The molecule has 0 radical (unpaired) electrons. The van der Waals surface area contributed by atoms with E-state index in [-0.39, 0.29) is 0 Å². The van der Waals surface area contributed by atoms with Crippen molar-refractivity contribution in [2.24, 2.45) is 17.8 Å². The minimum atomic E-state index is 0.571. The molecule has 2 fully saturated rings. The van der Waals surface area contributed by atoms with Gasteiger partial charge >= 0.3 is 0 Å². The Labute approximate surface area is 132 Å². The molecule has 2 aliphatic carbocycles. The second kappa shape index (κ2) is 6.25. The molecule has 1 aromatic carbocycles. The summed E-state index contributed by atoms with van der Waals surface area (Å²) in [5, 5.41) is 5.39. The first-order valence-electron chi connectivity index (χ1n) is 7.88. The van der Waals surface area contributed by atoms with Crippen molar-refractivity contribution in [2.45, 2.75) is 45.1 Å². The molecule has 0 heterocycles. The normalized spacial score (nSPS) is 29.2. The zero-order valence-corrected chi connectivity index (χ0v) is 13.6. The van der Waals surface area contributed by atoms with Crippen LogP contribution < -0.4 is 5.32 Å². The Kier molecular flexibility index (Phi) is 4.59. The lowest BCUT2D eigenvalue weighted by atomic mass is 9.97. The zero-order chi connectivity index (χ0) is 14.1. The number of benzene rings is 1. The lowest BCUT2D eigenvalue weighted by Crippen LogP contribution is -2.35. The molecule has 2 saturated carbocycles. The minimum absolute atomic E-state index is 0.571.